The van der Waals surface area contributed by atoms with Crippen LogP contribution in [0.3, 0.4) is 0 Å². The second-order valence-corrected chi connectivity index (χ2v) is 7.56. The van der Waals surface area contributed by atoms with Crippen LogP contribution in [0.25, 0.3) is 0 Å². The minimum absolute atomic E-state index is 0.0491. The van der Waals surface area contributed by atoms with Crippen LogP contribution in [0.15, 0.2) is 24.3 Å². The molecule has 2 fully saturated rings. The third-order valence-corrected chi connectivity index (χ3v) is 5.40. The van der Waals surface area contributed by atoms with Crippen LogP contribution in [0, 0.1) is 0 Å². The molecule has 0 atom stereocenters. The average molecular weight is 360 g/mol. The fourth-order valence-electron chi connectivity index (χ4n) is 3.81. The summed E-state index contributed by atoms with van der Waals surface area (Å²) in [5.74, 6) is 0.0491. The number of carbonyl (C=O) groups excluding carboxylic acids is 1. The fraction of sp³-hybridized carbons (Fsp3) is 0.667. The number of amides is 1. The normalized spacial score (nSPS) is 20.3. The summed E-state index contributed by atoms with van der Waals surface area (Å²) in [5, 5.41) is 6.45. The number of nitrogens with zero attached hydrogens (tertiary/aromatic N) is 1. The molecule has 0 spiro atoms. The maximum absolute atomic E-state index is 12.2. The molecule has 1 saturated heterocycles. The maximum atomic E-state index is 12.2. The number of carbonyl (C=O) groups is 1. The molecule has 1 aromatic rings. The van der Waals surface area contributed by atoms with Gasteiger partial charge in [0.1, 0.15) is 0 Å². The highest BCUT2D eigenvalue weighted by Crippen LogP contribution is 2.17. The third kappa shape index (κ3) is 6.71. The Balaban J connectivity index is 1.39. The smallest absolute Gasteiger partial charge is 0.238 e. The van der Waals surface area contributed by atoms with E-state index in [9.17, 15) is 4.79 Å². The molecule has 0 bridgehead atoms. The fourth-order valence-corrected chi connectivity index (χ4v) is 3.81. The standard InChI is InChI=1S/C21H33N3O2/c25-21(16-22-19-6-4-2-1-3-5-7-19)23-20-10-8-18(9-11-20)17-24-12-14-26-15-13-24/h8-11,19,22H,1-7,12-17H2,(H,23,25). The Bertz CT molecular complexity index is 533. The van der Waals surface area contributed by atoms with Gasteiger partial charge >= 0.3 is 0 Å². The number of benzene rings is 1. The van der Waals surface area contributed by atoms with Crippen molar-refractivity contribution in [3.63, 3.8) is 0 Å². The molecule has 0 aromatic heterocycles. The van der Waals surface area contributed by atoms with E-state index in [1.807, 2.05) is 12.1 Å². The average Bonchev–Trinajstić information content (AvgIpc) is 2.63. The molecule has 0 unspecified atom stereocenters. The van der Waals surface area contributed by atoms with Crippen molar-refractivity contribution in [3.8, 4) is 0 Å². The largest absolute Gasteiger partial charge is 0.379 e. The lowest BCUT2D eigenvalue weighted by atomic mass is 9.97. The van der Waals surface area contributed by atoms with E-state index in [2.05, 4.69) is 27.7 Å². The number of ether oxygens (including phenoxy) is 1. The SMILES string of the molecule is O=C(CNC1CCCCCCC1)Nc1ccc(CN2CCOCC2)cc1. The molecule has 1 aliphatic heterocycles. The molecule has 1 amide bonds. The van der Waals surface area contributed by atoms with E-state index < -0.39 is 0 Å². The van der Waals surface area contributed by atoms with Gasteiger partial charge in [0, 0.05) is 31.4 Å². The first-order chi connectivity index (χ1) is 12.8. The van der Waals surface area contributed by atoms with E-state index in [0.29, 0.717) is 12.6 Å². The van der Waals surface area contributed by atoms with Gasteiger partial charge < -0.3 is 15.4 Å². The molecule has 2 N–H and O–H groups in total. The van der Waals surface area contributed by atoms with E-state index >= 15 is 0 Å². The van der Waals surface area contributed by atoms with Crippen LogP contribution in [-0.4, -0.2) is 49.7 Å². The summed E-state index contributed by atoms with van der Waals surface area (Å²) < 4.78 is 5.38. The van der Waals surface area contributed by atoms with Gasteiger partial charge in [-0.05, 0) is 30.5 Å². The van der Waals surface area contributed by atoms with Gasteiger partial charge in [0.25, 0.3) is 0 Å². The van der Waals surface area contributed by atoms with E-state index in [1.54, 1.807) is 0 Å². The van der Waals surface area contributed by atoms with Crippen LogP contribution in [0.4, 0.5) is 5.69 Å². The Labute approximate surface area is 157 Å². The summed E-state index contributed by atoms with van der Waals surface area (Å²) in [5.41, 5.74) is 2.15. The van der Waals surface area contributed by atoms with Gasteiger partial charge in [-0.25, -0.2) is 0 Å². The molecule has 0 radical (unpaired) electrons. The summed E-state index contributed by atoms with van der Waals surface area (Å²) in [4.78, 5) is 14.6. The molecule has 26 heavy (non-hydrogen) atoms. The predicted molar refractivity (Wildman–Crippen MR) is 105 cm³/mol. The molecule has 5 heteroatoms. The van der Waals surface area contributed by atoms with Gasteiger partial charge in [0.15, 0.2) is 0 Å². The molecule has 1 aliphatic carbocycles. The lowest BCUT2D eigenvalue weighted by Crippen LogP contribution is -2.36. The third-order valence-electron chi connectivity index (χ3n) is 5.40. The van der Waals surface area contributed by atoms with Crippen molar-refractivity contribution in [2.24, 2.45) is 0 Å². The van der Waals surface area contributed by atoms with Crippen LogP contribution >= 0.6 is 0 Å². The number of anilines is 1. The Morgan fingerprint density at radius 3 is 2.35 bits per heavy atom. The number of morpholine rings is 1. The van der Waals surface area contributed by atoms with Crippen molar-refractivity contribution in [2.45, 2.75) is 57.5 Å². The Hall–Kier alpha value is -1.43. The van der Waals surface area contributed by atoms with Crippen molar-refractivity contribution in [1.82, 2.24) is 10.2 Å². The molecule has 144 valence electrons. The van der Waals surface area contributed by atoms with E-state index in [1.165, 1.54) is 50.5 Å². The first-order valence-electron chi connectivity index (χ1n) is 10.2. The van der Waals surface area contributed by atoms with Gasteiger partial charge in [-0.15, -0.1) is 0 Å². The molecule has 3 rings (SSSR count). The van der Waals surface area contributed by atoms with Crippen molar-refractivity contribution in [3.05, 3.63) is 29.8 Å². The van der Waals surface area contributed by atoms with Gasteiger partial charge in [-0.2, -0.15) is 0 Å². The van der Waals surface area contributed by atoms with E-state index in [4.69, 9.17) is 4.74 Å². The second-order valence-electron chi connectivity index (χ2n) is 7.56. The number of rotatable bonds is 6. The molecular formula is C21H33N3O2. The monoisotopic (exact) mass is 359 g/mol. The molecule has 1 aromatic carbocycles. The molecule has 1 heterocycles. The lowest BCUT2D eigenvalue weighted by molar-refractivity contribution is -0.115. The van der Waals surface area contributed by atoms with Gasteiger partial charge in [-0.1, -0.05) is 44.2 Å². The van der Waals surface area contributed by atoms with Gasteiger partial charge in [-0.3, -0.25) is 9.69 Å². The number of hydrogen-bond donors (Lipinski definition) is 2. The number of nitrogens with one attached hydrogen (secondary N) is 2. The highest BCUT2D eigenvalue weighted by atomic mass is 16.5. The minimum atomic E-state index is 0.0491. The van der Waals surface area contributed by atoms with E-state index in [0.717, 1.165) is 38.5 Å². The summed E-state index contributed by atoms with van der Waals surface area (Å²) in [6.45, 7) is 4.97. The Morgan fingerprint density at radius 2 is 1.65 bits per heavy atom. The molecule has 1 saturated carbocycles. The Kier molecular flexibility index (Phi) is 7.92. The van der Waals surface area contributed by atoms with Gasteiger partial charge in [0.05, 0.1) is 19.8 Å². The van der Waals surface area contributed by atoms with Gasteiger partial charge in [0.2, 0.25) is 5.91 Å². The summed E-state index contributed by atoms with van der Waals surface area (Å²) in [6, 6.07) is 8.71. The Morgan fingerprint density at radius 1 is 1.00 bits per heavy atom. The van der Waals surface area contributed by atoms with Crippen molar-refractivity contribution in [2.75, 3.05) is 38.2 Å². The van der Waals surface area contributed by atoms with Crippen LogP contribution in [0.2, 0.25) is 0 Å². The van der Waals surface area contributed by atoms with Crippen molar-refractivity contribution >= 4 is 11.6 Å². The molecular weight excluding hydrogens is 326 g/mol. The topological polar surface area (TPSA) is 53.6 Å². The first kappa shape index (κ1) is 19.3. The first-order valence-corrected chi connectivity index (χ1v) is 10.2. The zero-order valence-electron chi connectivity index (χ0n) is 15.8. The van der Waals surface area contributed by atoms with Crippen molar-refractivity contribution in [1.29, 1.82) is 0 Å². The summed E-state index contributed by atoms with van der Waals surface area (Å²) in [6.07, 6.45) is 9.00. The summed E-state index contributed by atoms with van der Waals surface area (Å²) in [7, 11) is 0. The summed E-state index contributed by atoms with van der Waals surface area (Å²) >= 11 is 0. The molecule has 2 aliphatic rings. The predicted octanol–water partition coefficient (Wildman–Crippen LogP) is 3.16. The van der Waals surface area contributed by atoms with Crippen LogP contribution < -0.4 is 10.6 Å². The highest BCUT2D eigenvalue weighted by molar-refractivity contribution is 5.92. The van der Waals surface area contributed by atoms with Crippen LogP contribution in [-0.2, 0) is 16.1 Å². The van der Waals surface area contributed by atoms with Crippen LogP contribution in [0.5, 0.6) is 0 Å². The van der Waals surface area contributed by atoms with E-state index in [-0.39, 0.29) is 5.91 Å². The zero-order chi connectivity index (χ0) is 18.0. The lowest BCUT2D eigenvalue weighted by Gasteiger charge is -2.26. The molecule has 5 nitrogen and oxygen atoms in total. The second kappa shape index (κ2) is 10.7. The zero-order valence-corrected chi connectivity index (χ0v) is 15.8. The minimum Gasteiger partial charge on any atom is -0.379 e. The maximum Gasteiger partial charge on any atom is 0.238 e. The van der Waals surface area contributed by atoms with Crippen molar-refractivity contribution < 1.29 is 9.53 Å². The highest BCUT2D eigenvalue weighted by Gasteiger charge is 2.13. The van der Waals surface area contributed by atoms with Crippen LogP contribution in [0.1, 0.15) is 50.5 Å². The quantitative estimate of drug-likeness (QED) is 0.819. The number of hydrogen-bond acceptors (Lipinski definition) is 4.